The maximum Gasteiger partial charge on any atom is 0.399 e. The third-order valence-corrected chi connectivity index (χ3v) is 7.92. The summed E-state index contributed by atoms with van der Waals surface area (Å²) in [6, 6.07) is 0. The van der Waals surface area contributed by atoms with Gasteiger partial charge in [-0.3, -0.25) is 9.13 Å². The summed E-state index contributed by atoms with van der Waals surface area (Å²) in [7, 11) is -8.78. The number of nitrogens with zero attached hydrogens (tertiary/aromatic N) is 3. The van der Waals surface area contributed by atoms with E-state index in [0.29, 0.717) is 0 Å². The number of hydrogen-bond acceptors (Lipinski definition) is 8. The molecular formula is C16H35ClF4N4O6P2. The van der Waals surface area contributed by atoms with Crippen LogP contribution in [0.4, 0.5) is 17.6 Å². The Balaban J connectivity index is -0.000000533. The van der Waals surface area contributed by atoms with Crippen molar-refractivity contribution in [2.24, 2.45) is 10.8 Å². The first-order chi connectivity index (χ1) is 14.9. The molecule has 0 aromatic heterocycles. The Morgan fingerprint density at radius 3 is 1.42 bits per heavy atom. The number of nitrogens with two attached hydrogens (primary N) is 1. The molecule has 0 bridgehead atoms. The number of azide groups is 1. The minimum atomic E-state index is -4.44. The summed E-state index contributed by atoms with van der Waals surface area (Å²) in [5.41, 5.74) is 6.09. The minimum absolute atomic E-state index is 0. The minimum Gasteiger partial charge on any atom is -0.330 e. The highest BCUT2D eigenvalue weighted by Crippen LogP contribution is 2.64. The molecule has 0 atom stereocenters. The Morgan fingerprint density at radius 1 is 0.818 bits per heavy atom. The summed E-state index contributed by atoms with van der Waals surface area (Å²) in [6.45, 7) is 5.55. The van der Waals surface area contributed by atoms with Crippen molar-refractivity contribution in [2.45, 2.75) is 64.7 Å². The number of hydrogen-bond donors (Lipinski definition) is 1. The van der Waals surface area contributed by atoms with E-state index in [9.17, 15) is 26.7 Å². The van der Waals surface area contributed by atoms with Crippen molar-refractivity contribution in [3.8, 4) is 0 Å². The highest BCUT2D eigenvalue weighted by atomic mass is 35.5. The van der Waals surface area contributed by atoms with Crippen molar-refractivity contribution in [2.75, 3.05) is 39.5 Å². The molecule has 0 saturated heterocycles. The highest BCUT2D eigenvalue weighted by molar-refractivity contribution is 7.55. The van der Waals surface area contributed by atoms with E-state index in [0.717, 1.165) is 0 Å². The molecule has 0 aromatic carbocycles. The first-order valence-electron chi connectivity index (χ1n) is 10.1. The monoisotopic (exact) mass is 552 g/mol. The maximum absolute atomic E-state index is 13.6. The van der Waals surface area contributed by atoms with Crippen molar-refractivity contribution in [1.29, 1.82) is 0 Å². The largest absolute Gasteiger partial charge is 0.399 e. The van der Waals surface area contributed by atoms with E-state index in [4.69, 9.17) is 11.3 Å². The average Bonchev–Trinajstić information content (AvgIpc) is 2.71. The number of alkyl halides is 4. The van der Waals surface area contributed by atoms with Gasteiger partial charge < -0.3 is 23.8 Å². The zero-order valence-electron chi connectivity index (χ0n) is 19.3. The van der Waals surface area contributed by atoms with Crippen LogP contribution in [-0.4, -0.2) is 50.8 Å². The van der Waals surface area contributed by atoms with E-state index in [1.54, 1.807) is 0 Å². The lowest BCUT2D eigenvalue weighted by Crippen LogP contribution is -2.21. The van der Waals surface area contributed by atoms with Crippen LogP contribution >= 0.6 is 27.6 Å². The van der Waals surface area contributed by atoms with Crippen LogP contribution in [0.3, 0.4) is 0 Å². The van der Waals surface area contributed by atoms with Gasteiger partial charge in [0.1, 0.15) is 0 Å². The van der Waals surface area contributed by atoms with Crippen LogP contribution in [0.15, 0.2) is 5.11 Å². The van der Waals surface area contributed by atoms with E-state index in [1.807, 2.05) is 0 Å². The number of rotatable bonds is 17. The molecule has 0 unspecified atom stereocenters. The van der Waals surface area contributed by atoms with Crippen molar-refractivity contribution in [1.82, 2.24) is 0 Å². The quantitative estimate of drug-likeness (QED) is 0.0513. The molecule has 33 heavy (non-hydrogen) atoms. The second-order valence-corrected chi connectivity index (χ2v) is 10.3. The molecule has 0 radical (unpaired) electrons. The molecule has 2 N–H and O–H groups in total. The van der Waals surface area contributed by atoms with Gasteiger partial charge in [0, 0.05) is 24.3 Å². The Morgan fingerprint density at radius 2 is 1.15 bits per heavy atom. The van der Waals surface area contributed by atoms with Gasteiger partial charge in [-0.05, 0) is 52.6 Å². The fraction of sp³-hybridized carbons (Fsp3) is 1.00. The average molecular weight is 553 g/mol. The van der Waals surface area contributed by atoms with Crippen molar-refractivity contribution < 1.29 is 44.8 Å². The summed E-state index contributed by atoms with van der Waals surface area (Å²) in [5.74, 6) is 0. The van der Waals surface area contributed by atoms with Crippen LogP contribution in [0.2, 0.25) is 0 Å². The molecule has 0 spiro atoms. The normalized spacial score (nSPS) is 12.3. The predicted octanol–water partition coefficient (Wildman–Crippen LogP) is 6.94. The van der Waals surface area contributed by atoms with Gasteiger partial charge in [-0.15, -0.1) is 12.4 Å². The summed E-state index contributed by atoms with van der Waals surface area (Å²) in [5, 5.41) is 3.12. The molecule has 0 heterocycles. The molecule has 10 nitrogen and oxygen atoms in total. The van der Waals surface area contributed by atoms with E-state index in [2.05, 4.69) is 28.1 Å². The first-order valence-corrected chi connectivity index (χ1v) is 13.2. The summed E-state index contributed by atoms with van der Waals surface area (Å²) < 4.78 is 96.0. The van der Waals surface area contributed by atoms with Crippen LogP contribution in [0, 0.1) is 0 Å². The lowest BCUT2D eigenvalue weighted by atomic mass is 10.3. The molecule has 0 aliphatic rings. The molecule has 0 aromatic rings. The summed E-state index contributed by atoms with van der Waals surface area (Å²) in [4.78, 5) is 2.44. The van der Waals surface area contributed by atoms with Crippen LogP contribution in [0.5, 0.6) is 0 Å². The van der Waals surface area contributed by atoms with Crippen LogP contribution in [0.1, 0.15) is 53.4 Å². The van der Waals surface area contributed by atoms with Gasteiger partial charge in [0.25, 0.3) is 0 Å². The van der Waals surface area contributed by atoms with Crippen molar-refractivity contribution in [3.63, 3.8) is 0 Å². The first kappa shape index (κ1) is 37.1. The van der Waals surface area contributed by atoms with Crippen molar-refractivity contribution in [3.05, 3.63) is 10.4 Å². The van der Waals surface area contributed by atoms with Gasteiger partial charge in [0.15, 0.2) is 0 Å². The Bertz CT molecular complexity index is 640. The smallest absolute Gasteiger partial charge is 0.330 e. The molecule has 0 aliphatic carbocycles. The summed E-state index contributed by atoms with van der Waals surface area (Å²) >= 11 is 0. The van der Waals surface area contributed by atoms with Crippen LogP contribution in [-0.2, 0) is 27.2 Å². The van der Waals surface area contributed by atoms with Gasteiger partial charge in [0.2, 0.25) is 0 Å². The number of halogens is 5. The zero-order valence-corrected chi connectivity index (χ0v) is 21.9. The Kier molecular flexibility index (Phi) is 21.2. The van der Waals surface area contributed by atoms with Gasteiger partial charge in [-0.2, -0.15) is 17.6 Å². The lowest BCUT2D eigenvalue weighted by Gasteiger charge is -2.25. The molecular weight excluding hydrogens is 518 g/mol. The van der Waals surface area contributed by atoms with Gasteiger partial charge in [-0.1, -0.05) is 5.11 Å². The second-order valence-electron chi connectivity index (χ2n) is 5.95. The van der Waals surface area contributed by atoms with Crippen molar-refractivity contribution >= 4 is 27.6 Å². The topological polar surface area (TPSA) is 146 Å². The third kappa shape index (κ3) is 13.3. The van der Waals surface area contributed by atoms with Gasteiger partial charge >= 0.3 is 26.5 Å². The molecule has 0 amide bonds. The molecule has 0 aliphatic heterocycles. The fourth-order valence-electron chi connectivity index (χ4n) is 2.13. The van der Waals surface area contributed by atoms with Gasteiger partial charge in [-0.25, -0.2) is 0 Å². The Labute approximate surface area is 198 Å². The van der Waals surface area contributed by atoms with E-state index < -0.39 is 39.4 Å². The fourth-order valence-corrected chi connectivity index (χ4v) is 5.26. The SMILES string of the molecule is CCOP(=O)(OCC)C(F)(F)CCCN.CCOP(=O)(OCC)C(F)(F)CCCN=[N+]=[N-].Cl. The standard InChI is InChI=1S/C8H16F2N3O3P.C8H18F2NO3P.ClH/c1-3-15-17(14,16-4-2)8(9,10)6-5-7-12-13-11;1-3-13-15(12,14-4-2)8(9,10)6-5-7-11;/h3-7H2,1-2H3;3-7,11H2,1-2H3;1H. The zero-order chi connectivity index (χ0) is 25.3. The van der Waals surface area contributed by atoms with Crippen LogP contribution < -0.4 is 5.73 Å². The summed E-state index contributed by atoms with van der Waals surface area (Å²) in [6.07, 6.45) is -1.29. The Hall–Kier alpha value is -0.420. The molecule has 0 rings (SSSR count). The predicted molar refractivity (Wildman–Crippen MR) is 120 cm³/mol. The highest BCUT2D eigenvalue weighted by Gasteiger charge is 2.53. The van der Waals surface area contributed by atoms with E-state index >= 15 is 0 Å². The third-order valence-electron chi connectivity index (χ3n) is 3.48. The molecule has 200 valence electrons. The second kappa shape index (κ2) is 18.9. The van der Waals surface area contributed by atoms with E-state index in [1.165, 1.54) is 27.7 Å². The lowest BCUT2D eigenvalue weighted by molar-refractivity contribution is 0.0305. The maximum atomic E-state index is 13.6. The molecule has 0 fully saturated rings. The van der Waals surface area contributed by atoms with Crippen LogP contribution in [0.25, 0.3) is 10.4 Å². The molecule has 0 saturated carbocycles. The van der Waals surface area contributed by atoms with Gasteiger partial charge in [0.05, 0.1) is 26.4 Å². The molecule has 17 heteroatoms. The van der Waals surface area contributed by atoms with E-state index in [-0.39, 0.29) is 64.8 Å².